The fourth-order valence-corrected chi connectivity index (χ4v) is 2.04. The summed E-state index contributed by atoms with van der Waals surface area (Å²) in [6.07, 6.45) is 0. The molecule has 0 amide bonds. The zero-order chi connectivity index (χ0) is 14.0. The highest BCUT2D eigenvalue weighted by Gasteiger charge is 2.06. The first kappa shape index (κ1) is 13.0. The third-order valence-electron chi connectivity index (χ3n) is 3.43. The lowest BCUT2D eigenvalue weighted by molar-refractivity contribution is 1.26. The Morgan fingerprint density at radius 1 is 1.11 bits per heavy atom. The molecule has 2 aromatic carbocycles. The van der Waals surface area contributed by atoms with Crippen LogP contribution in [0.1, 0.15) is 22.3 Å². The molecule has 2 rings (SSSR count). The van der Waals surface area contributed by atoms with Crippen molar-refractivity contribution in [2.24, 2.45) is 0 Å². The molecular weight excluding hydrogens is 234 g/mol. The van der Waals surface area contributed by atoms with Crippen LogP contribution in [0.5, 0.6) is 0 Å². The Balaban J connectivity index is 2.40. The first-order valence-electron chi connectivity index (χ1n) is 6.16. The van der Waals surface area contributed by atoms with Gasteiger partial charge in [0.2, 0.25) is 0 Å². The molecule has 0 bridgehead atoms. The van der Waals surface area contributed by atoms with Crippen LogP contribution >= 0.6 is 0 Å². The molecule has 0 heterocycles. The van der Waals surface area contributed by atoms with E-state index >= 15 is 0 Å². The van der Waals surface area contributed by atoms with Gasteiger partial charge in [-0.15, -0.1) is 0 Å². The summed E-state index contributed by atoms with van der Waals surface area (Å²) in [7, 11) is 0. The van der Waals surface area contributed by atoms with E-state index in [2.05, 4.69) is 44.3 Å². The topological polar surface area (TPSA) is 61.8 Å². The van der Waals surface area contributed by atoms with Crippen molar-refractivity contribution in [2.75, 3.05) is 11.1 Å². The average molecular weight is 251 g/mol. The summed E-state index contributed by atoms with van der Waals surface area (Å²) in [4.78, 5) is 0. The van der Waals surface area contributed by atoms with E-state index in [-0.39, 0.29) is 0 Å². The van der Waals surface area contributed by atoms with Gasteiger partial charge < -0.3 is 11.1 Å². The van der Waals surface area contributed by atoms with Gasteiger partial charge in [-0.25, -0.2) is 0 Å². The van der Waals surface area contributed by atoms with Gasteiger partial charge in [-0.2, -0.15) is 5.26 Å². The molecule has 2 aromatic rings. The van der Waals surface area contributed by atoms with Crippen LogP contribution in [0.3, 0.4) is 0 Å². The Morgan fingerprint density at radius 3 is 2.32 bits per heavy atom. The molecule has 3 N–H and O–H groups in total. The monoisotopic (exact) mass is 251 g/mol. The quantitative estimate of drug-likeness (QED) is 0.798. The van der Waals surface area contributed by atoms with Crippen molar-refractivity contribution in [1.29, 1.82) is 5.26 Å². The van der Waals surface area contributed by atoms with Crippen LogP contribution in [0.4, 0.5) is 17.1 Å². The fourth-order valence-electron chi connectivity index (χ4n) is 2.04. The van der Waals surface area contributed by atoms with Gasteiger partial charge in [-0.05, 0) is 61.7 Å². The summed E-state index contributed by atoms with van der Waals surface area (Å²) in [5, 5.41) is 12.3. The number of benzene rings is 2. The van der Waals surface area contributed by atoms with E-state index in [1.165, 1.54) is 16.7 Å². The first-order chi connectivity index (χ1) is 9.02. The fraction of sp³-hybridized carbons (Fsp3) is 0.188. The second-order valence-electron chi connectivity index (χ2n) is 4.74. The number of nitrogen functional groups attached to an aromatic ring is 1. The predicted octanol–water partition coefficient (Wildman–Crippen LogP) is 3.81. The molecule has 19 heavy (non-hydrogen) atoms. The molecule has 0 aromatic heterocycles. The van der Waals surface area contributed by atoms with E-state index < -0.39 is 0 Å². The van der Waals surface area contributed by atoms with Crippen molar-refractivity contribution >= 4 is 17.1 Å². The van der Waals surface area contributed by atoms with E-state index in [0.29, 0.717) is 11.3 Å². The highest BCUT2D eigenvalue weighted by molar-refractivity contribution is 5.77. The van der Waals surface area contributed by atoms with Crippen LogP contribution < -0.4 is 11.1 Å². The molecule has 0 aliphatic heterocycles. The molecule has 0 unspecified atom stereocenters. The van der Waals surface area contributed by atoms with E-state index in [1.54, 1.807) is 6.07 Å². The van der Waals surface area contributed by atoms with Gasteiger partial charge >= 0.3 is 0 Å². The number of nitrogens with one attached hydrogen (secondary N) is 1. The molecule has 3 nitrogen and oxygen atoms in total. The SMILES string of the molecule is Cc1cc(Nc2cccc(C#N)c2N)cc(C)c1C. The van der Waals surface area contributed by atoms with Crippen molar-refractivity contribution < 1.29 is 0 Å². The average Bonchev–Trinajstić information content (AvgIpc) is 2.38. The zero-order valence-corrected chi connectivity index (χ0v) is 11.4. The van der Waals surface area contributed by atoms with Gasteiger partial charge in [-0.3, -0.25) is 0 Å². The van der Waals surface area contributed by atoms with Gasteiger partial charge in [0.1, 0.15) is 6.07 Å². The third kappa shape index (κ3) is 2.53. The Kier molecular flexibility index (Phi) is 3.43. The number of anilines is 3. The molecule has 0 fully saturated rings. The van der Waals surface area contributed by atoms with Crippen molar-refractivity contribution in [3.05, 3.63) is 52.6 Å². The minimum Gasteiger partial charge on any atom is -0.396 e. The zero-order valence-electron chi connectivity index (χ0n) is 11.4. The molecule has 0 spiro atoms. The smallest absolute Gasteiger partial charge is 0.101 e. The lowest BCUT2D eigenvalue weighted by Crippen LogP contribution is -2.00. The molecule has 0 saturated carbocycles. The maximum Gasteiger partial charge on any atom is 0.101 e. The molecule has 0 atom stereocenters. The summed E-state index contributed by atoms with van der Waals surface area (Å²) < 4.78 is 0. The van der Waals surface area contributed by atoms with E-state index in [9.17, 15) is 0 Å². The van der Waals surface area contributed by atoms with Gasteiger partial charge in [0.05, 0.1) is 16.9 Å². The van der Waals surface area contributed by atoms with E-state index in [0.717, 1.165) is 11.4 Å². The summed E-state index contributed by atoms with van der Waals surface area (Å²) in [6, 6.07) is 11.7. The molecular formula is C16H17N3. The molecule has 0 saturated heterocycles. The van der Waals surface area contributed by atoms with Gasteiger partial charge in [0.15, 0.2) is 0 Å². The van der Waals surface area contributed by atoms with Crippen molar-refractivity contribution in [3.8, 4) is 6.07 Å². The summed E-state index contributed by atoms with van der Waals surface area (Å²) in [5.41, 5.74) is 12.5. The van der Waals surface area contributed by atoms with E-state index in [4.69, 9.17) is 11.0 Å². The van der Waals surface area contributed by atoms with Crippen molar-refractivity contribution in [1.82, 2.24) is 0 Å². The number of aryl methyl sites for hydroxylation is 2. The number of nitriles is 1. The van der Waals surface area contributed by atoms with Crippen LogP contribution in [0.15, 0.2) is 30.3 Å². The third-order valence-corrected chi connectivity index (χ3v) is 3.43. The second kappa shape index (κ2) is 5.03. The molecule has 96 valence electrons. The summed E-state index contributed by atoms with van der Waals surface area (Å²) in [5.74, 6) is 0. The minimum absolute atomic E-state index is 0.487. The van der Waals surface area contributed by atoms with Gasteiger partial charge in [0, 0.05) is 5.69 Å². The first-order valence-corrected chi connectivity index (χ1v) is 6.16. The van der Waals surface area contributed by atoms with Crippen LogP contribution in [-0.4, -0.2) is 0 Å². The van der Waals surface area contributed by atoms with Crippen LogP contribution in [-0.2, 0) is 0 Å². The normalized spacial score (nSPS) is 10.0. The molecule has 0 aliphatic rings. The molecule has 0 radical (unpaired) electrons. The second-order valence-corrected chi connectivity index (χ2v) is 4.74. The van der Waals surface area contributed by atoms with Crippen molar-refractivity contribution in [3.63, 3.8) is 0 Å². The number of nitrogens with two attached hydrogens (primary N) is 1. The van der Waals surface area contributed by atoms with Crippen LogP contribution in [0.25, 0.3) is 0 Å². The Morgan fingerprint density at radius 2 is 1.74 bits per heavy atom. The Hall–Kier alpha value is -2.47. The number of hydrogen-bond donors (Lipinski definition) is 2. The minimum atomic E-state index is 0.487. The number of rotatable bonds is 2. The number of para-hydroxylation sites is 1. The summed E-state index contributed by atoms with van der Waals surface area (Å²) >= 11 is 0. The lowest BCUT2D eigenvalue weighted by Gasteiger charge is -2.13. The predicted molar refractivity (Wildman–Crippen MR) is 79.5 cm³/mol. The maximum atomic E-state index is 8.98. The summed E-state index contributed by atoms with van der Waals surface area (Å²) in [6.45, 7) is 6.28. The van der Waals surface area contributed by atoms with Gasteiger partial charge in [0.25, 0.3) is 0 Å². The van der Waals surface area contributed by atoms with Crippen LogP contribution in [0.2, 0.25) is 0 Å². The molecule has 0 aliphatic carbocycles. The van der Waals surface area contributed by atoms with E-state index in [1.807, 2.05) is 12.1 Å². The maximum absolute atomic E-state index is 8.98. The standard InChI is InChI=1S/C16H17N3/c1-10-7-14(8-11(2)12(10)3)19-15-6-4-5-13(9-17)16(15)18/h4-8,19H,18H2,1-3H3. The highest BCUT2D eigenvalue weighted by atomic mass is 14.9. The molecule has 3 heteroatoms. The number of hydrogen-bond acceptors (Lipinski definition) is 3. The number of nitrogens with zero attached hydrogens (tertiary/aromatic N) is 1. The Labute approximate surface area is 113 Å². The van der Waals surface area contributed by atoms with Crippen LogP contribution in [0, 0.1) is 32.1 Å². The highest BCUT2D eigenvalue weighted by Crippen LogP contribution is 2.27. The van der Waals surface area contributed by atoms with Gasteiger partial charge in [-0.1, -0.05) is 6.07 Å². The largest absolute Gasteiger partial charge is 0.396 e. The van der Waals surface area contributed by atoms with Crippen molar-refractivity contribution in [2.45, 2.75) is 20.8 Å². The lowest BCUT2D eigenvalue weighted by atomic mass is 10.0. The Bertz CT molecular complexity index is 643.